The molecule has 174 valence electrons. The summed E-state index contributed by atoms with van der Waals surface area (Å²) in [6, 6.07) is 12.3. The van der Waals surface area contributed by atoms with E-state index in [9.17, 15) is 19.2 Å². The molecular weight excluding hydrogens is 422 g/mol. The molecule has 0 bridgehead atoms. The van der Waals surface area contributed by atoms with Crippen molar-refractivity contribution in [3.8, 4) is 5.75 Å². The van der Waals surface area contributed by atoms with Crippen LogP contribution in [-0.2, 0) is 14.4 Å². The minimum Gasteiger partial charge on any atom is -0.497 e. The zero-order valence-corrected chi connectivity index (χ0v) is 19.5. The highest BCUT2D eigenvalue weighted by Crippen LogP contribution is 2.33. The van der Waals surface area contributed by atoms with Crippen LogP contribution in [0.15, 0.2) is 48.5 Å². The van der Waals surface area contributed by atoms with Gasteiger partial charge in [-0.1, -0.05) is 13.0 Å². The van der Waals surface area contributed by atoms with Gasteiger partial charge in [0.05, 0.1) is 19.2 Å². The Hall–Kier alpha value is -3.68. The van der Waals surface area contributed by atoms with Crippen LogP contribution in [0, 0.1) is 0 Å². The maximum absolute atomic E-state index is 13.6. The summed E-state index contributed by atoms with van der Waals surface area (Å²) >= 11 is 0. The molecule has 0 aromatic heterocycles. The Bertz CT molecular complexity index is 1080. The summed E-state index contributed by atoms with van der Waals surface area (Å²) in [4.78, 5) is 53.8. The van der Waals surface area contributed by atoms with E-state index in [-0.39, 0.29) is 24.1 Å². The first kappa shape index (κ1) is 24.0. The Balaban J connectivity index is 1.95. The maximum Gasteiger partial charge on any atom is 0.257 e. The molecule has 8 heteroatoms. The average Bonchev–Trinajstić information content (AvgIpc) is 3.07. The quantitative estimate of drug-likeness (QED) is 0.649. The van der Waals surface area contributed by atoms with Crippen LogP contribution in [0.2, 0.25) is 0 Å². The molecule has 1 fully saturated rings. The third-order valence-electron chi connectivity index (χ3n) is 5.93. The highest BCUT2D eigenvalue weighted by Gasteiger charge is 2.48. The van der Waals surface area contributed by atoms with E-state index in [1.54, 1.807) is 48.5 Å². The number of hydrogen-bond donors (Lipinski definition) is 1. The van der Waals surface area contributed by atoms with E-state index in [0.717, 1.165) is 4.90 Å². The van der Waals surface area contributed by atoms with E-state index in [0.29, 0.717) is 29.1 Å². The first-order valence-corrected chi connectivity index (χ1v) is 10.8. The molecule has 0 spiro atoms. The third-order valence-corrected chi connectivity index (χ3v) is 5.93. The fraction of sp³-hybridized carbons (Fsp3) is 0.360. The van der Waals surface area contributed by atoms with Crippen molar-refractivity contribution < 1.29 is 23.9 Å². The molecule has 1 heterocycles. The number of rotatable bonds is 7. The topological polar surface area (TPSA) is 96.0 Å². The Morgan fingerprint density at radius 1 is 1.15 bits per heavy atom. The Labute approximate surface area is 193 Å². The molecule has 4 amide bonds. The van der Waals surface area contributed by atoms with Crippen molar-refractivity contribution >= 4 is 35.0 Å². The Kier molecular flexibility index (Phi) is 6.86. The second-order valence-electron chi connectivity index (χ2n) is 8.59. The molecule has 1 unspecified atom stereocenters. The number of imide groups is 1. The standard InChI is InChI=1S/C25H29N3O5/c1-6-25(3,4)28(23(31)17-8-7-9-20(14-17)33-5)21-15-22(30)27(24(21)32)19-12-10-18(11-13-19)26-16(2)29/h7-14,21H,6,15H2,1-5H3,(H,26,29). The number of anilines is 2. The molecule has 0 saturated carbocycles. The van der Waals surface area contributed by atoms with Crippen molar-refractivity contribution in [3.63, 3.8) is 0 Å². The summed E-state index contributed by atoms with van der Waals surface area (Å²) in [5.74, 6) is -0.859. The van der Waals surface area contributed by atoms with Gasteiger partial charge in [-0.2, -0.15) is 0 Å². The van der Waals surface area contributed by atoms with E-state index in [1.165, 1.54) is 18.9 Å². The molecule has 33 heavy (non-hydrogen) atoms. The Morgan fingerprint density at radius 3 is 2.39 bits per heavy atom. The van der Waals surface area contributed by atoms with Crippen molar-refractivity contribution in [2.24, 2.45) is 0 Å². The van der Waals surface area contributed by atoms with E-state index in [4.69, 9.17) is 4.74 Å². The van der Waals surface area contributed by atoms with Crippen LogP contribution in [0.5, 0.6) is 5.75 Å². The largest absolute Gasteiger partial charge is 0.497 e. The van der Waals surface area contributed by atoms with Crippen LogP contribution >= 0.6 is 0 Å². The number of carbonyl (C=O) groups excluding carboxylic acids is 4. The number of amides is 4. The maximum atomic E-state index is 13.6. The lowest BCUT2D eigenvalue weighted by Gasteiger charge is -2.41. The molecule has 0 aliphatic carbocycles. The summed E-state index contributed by atoms with van der Waals surface area (Å²) in [6.45, 7) is 7.10. The molecule has 3 rings (SSSR count). The van der Waals surface area contributed by atoms with Gasteiger partial charge in [0.2, 0.25) is 11.8 Å². The summed E-state index contributed by atoms with van der Waals surface area (Å²) < 4.78 is 5.24. The van der Waals surface area contributed by atoms with Crippen molar-refractivity contribution in [1.29, 1.82) is 0 Å². The van der Waals surface area contributed by atoms with Gasteiger partial charge in [0.1, 0.15) is 11.8 Å². The number of ether oxygens (including phenoxy) is 1. The Morgan fingerprint density at radius 2 is 1.82 bits per heavy atom. The highest BCUT2D eigenvalue weighted by atomic mass is 16.5. The van der Waals surface area contributed by atoms with Gasteiger partial charge in [-0.15, -0.1) is 0 Å². The van der Waals surface area contributed by atoms with Crippen LogP contribution < -0.4 is 15.0 Å². The first-order chi connectivity index (χ1) is 15.6. The van der Waals surface area contributed by atoms with Gasteiger partial charge in [-0.05, 0) is 62.7 Å². The van der Waals surface area contributed by atoms with Gasteiger partial charge < -0.3 is 15.0 Å². The van der Waals surface area contributed by atoms with Crippen LogP contribution in [0.1, 0.15) is 50.9 Å². The second kappa shape index (κ2) is 9.44. The van der Waals surface area contributed by atoms with Gasteiger partial charge >= 0.3 is 0 Å². The number of methoxy groups -OCH3 is 1. The van der Waals surface area contributed by atoms with E-state index < -0.39 is 17.5 Å². The van der Waals surface area contributed by atoms with Crippen LogP contribution in [-0.4, -0.2) is 47.2 Å². The normalized spacial score (nSPS) is 16.0. The fourth-order valence-electron chi connectivity index (χ4n) is 3.89. The number of carbonyl (C=O) groups is 4. The molecule has 1 aliphatic heterocycles. The molecule has 1 N–H and O–H groups in total. The van der Waals surface area contributed by atoms with E-state index >= 15 is 0 Å². The molecule has 1 saturated heterocycles. The van der Waals surface area contributed by atoms with Crippen molar-refractivity contribution in [3.05, 3.63) is 54.1 Å². The predicted octanol–water partition coefficient (Wildman–Crippen LogP) is 3.62. The van der Waals surface area contributed by atoms with Crippen LogP contribution in [0.3, 0.4) is 0 Å². The van der Waals surface area contributed by atoms with Gasteiger partial charge in [-0.3, -0.25) is 19.2 Å². The monoisotopic (exact) mass is 451 g/mol. The van der Waals surface area contributed by atoms with Crippen molar-refractivity contribution in [1.82, 2.24) is 4.90 Å². The molecular formula is C25H29N3O5. The second-order valence-corrected chi connectivity index (χ2v) is 8.59. The number of nitrogens with one attached hydrogen (secondary N) is 1. The summed E-state index contributed by atoms with van der Waals surface area (Å²) in [6.07, 6.45) is 0.484. The lowest BCUT2D eigenvalue weighted by Crippen LogP contribution is -2.55. The summed E-state index contributed by atoms with van der Waals surface area (Å²) in [7, 11) is 1.52. The minimum absolute atomic E-state index is 0.106. The van der Waals surface area contributed by atoms with E-state index in [1.807, 2.05) is 20.8 Å². The van der Waals surface area contributed by atoms with Gasteiger partial charge in [0, 0.05) is 23.7 Å². The average molecular weight is 452 g/mol. The highest BCUT2D eigenvalue weighted by molar-refractivity contribution is 6.23. The van der Waals surface area contributed by atoms with Gasteiger partial charge in [0.15, 0.2) is 0 Å². The molecule has 2 aromatic carbocycles. The molecule has 0 radical (unpaired) electrons. The molecule has 1 atom stereocenters. The smallest absolute Gasteiger partial charge is 0.257 e. The van der Waals surface area contributed by atoms with Gasteiger partial charge in [-0.25, -0.2) is 4.90 Å². The number of benzene rings is 2. The number of hydrogen-bond acceptors (Lipinski definition) is 5. The summed E-state index contributed by atoms with van der Waals surface area (Å²) in [5.41, 5.74) is 0.661. The van der Waals surface area contributed by atoms with E-state index in [2.05, 4.69) is 5.32 Å². The fourth-order valence-corrected chi connectivity index (χ4v) is 3.89. The summed E-state index contributed by atoms with van der Waals surface area (Å²) in [5, 5.41) is 2.65. The molecule has 1 aliphatic rings. The zero-order chi connectivity index (χ0) is 24.3. The minimum atomic E-state index is -0.929. The predicted molar refractivity (Wildman–Crippen MR) is 125 cm³/mol. The van der Waals surface area contributed by atoms with Crippen molar-refractivity contribution in [2.75, 3.05) is 17.3 Å². The zero-order valence-electron chi connectivity index (χ0n) is 19.5. The van der Waals surface area contributed by atoms with Crippen LogP contribution in [0.25, 0.3) is 0 Å². The number of nitrogens with zero attached hydrogens (tertiary/aromatic N) is 2. The van der Waals surface area contributed by atoms with Crippen molar-refractivity contribution in [2.45, 2.75) is 52.1 Å². The first-order valence-electron chi connectivity index (χ1n) is 10.8. The lowest BCUT2D eigenvalue weighted by molar-refractivity contribution is -0.123. The molecule has 8 nitrogen and oxygen atoms in total. The van der Waals surface area contributed by atoms with Gasteiger partial charge in [0.25, 0.3) is 11.8 Å². The molecule has 2 aromatic rings. The SMILES string of the molecule is CCC(C)(C)N(C(=O)c1cccc(OC)c1)C1CC(=O)N(c2ccc(NC(C)=O)cc2)C1=O. The van der Waals surface area contributed by atoms with Crippen LogP contribution in [0.4, 0.5) is 11.4 Å². The lowest BCUT2D eigenvalue weighted by atomic mass is 9.94. The third kappa shape index (κ3) is 4.89.